The number of aliphatic hydroxyl groups excluding tert-OH is 1. The Morgan fingerprint density at radius 2 is 1.96 bits per heavy atom. The number of amides is 2. The third kappa shape index (κ3) is 3.78. The van der Waals surface area contributed by atoms with Gasteiger partial charge in [-0.25, -0.2) is 4.79 Å². The van der Waals surface area contributed by atoms with E-state index in [9.17, 15) is 9.90 Å². The van der Waals surface area contributed by atoms with Crippen molar-refractivity contribution in [3.63, 3.8) is 0 Å². The Morgan fingerprint density at radius 1 is 1.22 bits per heavy atom. The largest absolute Gasteiger partial charge is 0.496 e. The summed E-state index contributed by atoms with van der Waals surface area (Å²) in [6.07, 6.45) is 4.10. The molecule has 2 fully saturated rings. The minimum atomic E-state index is -0.190. The number of carbonyl (C=O) groups is 1. The van der Waals surface area contributed by atoms with Gasteiger partial charge in [-0.1, -0.05) is 18.2 Å². The molecule has 2 amide bonds. The van der Waals surface area contributed by atoms with Crippen molar-refractivity contribution in [2.75, 3.05) is 20.2 Å². The van der Waals surface area contributed by atoms with Crippen molar-refractivity contribution in [3.05, 3.63) is 29.8 Å². The number of nitrogens with zero attached hydrogens (tertiary/aromatic N) is 1. The molecule has 2 aliphatic rings. The van der Waals surface area contributed by atoms with Gasteiger partial charge in [0, 0.05) is 25.0 Å². The van der Waals surface area contributed by atoms with E-state index in [1.165, 1.54) is 5.56 Å². The molecule has 5 heteroatoms. The molecular weight excluding hydrogens is 292 g/mol. The summed E-state index contributed by atoms with van der Waals surface area (Å²) < 4.78 is 5.44. The van der Waals surface area contributed by atoms with Crippen molar-refractivity contribution < 1.29 is 14.6 Å². The number of likely N-dealkylation sites (tertiary alicyclic amines) is 1. The maximum Gasteiger partial charge on any atom is 0.317 e. The molecule has 0 spiro atoms. The highest BCUT2D eigenvalue weighted by Gasteiger charge is 2.30. The molecule has 0 bridgehead atoms. The number of aliphatic hydroxyl groups is 1. The Labute approximate surface area is 137 Å². The van der Waals surface area contributed by atoms with E-state index >= 15 is 0 Å². The number of hydrogen-bond acceptors (Lipinski definition) is 3. The van der Waals surface area contributed by atoms with Gasteiger partial charge in [-0.3, -0.25) is 0 Å². The summed E-state index contributed by atoms with van der Waals surface area (Å²) in [5, 5.41) is 12.7. The lowest BCUT2D eigenvalue weighted by atomic mass is 9.93. The van der Waals surface area contributed by atoms with Crippen molar-refractivity contribution in [3.8, 4) is 5.75 Å². The van der Waals surface area contributed by atoms with Gasteiger partial charge in [-0.05, 0) is 43.7 Å². The van der Waals surface area contributed by atoms with Crippen LogP contribution in [0.4, 0.5) is 4.79 Å². The maximum absolute atomic E-state index is 12.4. The van der Waals surface area contributed by atoms with Gasteiger partial charge >= 0.3 is 6.03 Å². The Kier molecular flexibility index (Phi) is 5.06. The van der Waals surface area contributed by atoms with E-state index in [0.717, 1.165) is 50.9 Å². The molecule has 126 valence electrons. The molecule has 0 aromatic heterocycles. The van der Waals surface area contributed by atoms with Crippen LogP contribution >= 0.6 is 0 Å². The van der Waals surface area contributed by atoms with Crippen LogP contribution in [-0.4, -0.2) is 48.4 Å². The molecule has 1 heterocycles. The second kappa shape index (κ2) is 7.21. The number of benzene rings is 1. The zero-order valence-corrected chi connectivity index (χ0v) is 13.7. The second-order valence-corrected chi connectivity index (χ2v) is 6.63. The standard InChI is InChI=1S/C18H26N2O3/c1-23-17-5-3-2-4-16(17)13-10-11-20(12-13)18(22)19-14-6-8-15(21)9-7-14/h2-5,13-15,21H,6-12H2,1H3,(H,19,22). The molecule has 3 rings (SSSR count). The number of urea groups is 1. The van der Waals surface area contributed by atoms with Gasteiger partial charge in [0.15, 0.2) is 0 Å². The molecule has 0 radical (unpaired) electrons. The fourth-order valence-electron chi connectivity index (χ4n) is 3.69. The summed E-state index contributed by atoms with van der Waals surface area (Å²) in [4.78, 5) is 14.4. The molecule has 1 aliphatic carbocycles. The van der Waals surface area contributed by atoms with Gasteiger partial charge in [-0.2, -0.15) is 0 Å². The van der Waals surface area contributed by atoms with Crippen LogP contribution < -0.4 is 10.1 Å². The van der Waals surface area contributed by atoms with E-state index in [4.69, 9.17) is 4.74 Å². The van der Waals surface area contributed by atoms with Crippen molar-refractivity contribution in [1.82, 2.24) is 10.2 Å². The smallest absolute Gasteiger partial charge is 0.317 e. The van der Waals surface area contributed by atoms with Crippen molar-refractivity contribution in [1.29, 1.82) is 0 Å². The summed E-state index contributed by atoms with van der Waals surface area (Å²) in [6, 6.07) is 8.30. The van der Waals surface area contributed by atoms with Crippen LogP contribution in [-0.2, 0) is 0 Å². The van der Waals surface area contributed by atoms with Crippen LogP contribution in [0.5, 0.6) is 5.75 Å². The van der Waals surface area contributed by atoms with Crippen LogP contribution in [0.3, 0.4) is 0 Å². The molecule has 1 saturated heterocycles. The van der Waals surface area contributed by atoms with E-state index in [0.29, 0.717) is 5.92 Å². The second-order valence-electron chi connectivity index (χ2n) is 6.63. The molecule has 1 aliphatic heterocycles. The first-order valence-corrected chi connectivity index (χ1v) is 8.53. The lowest BCUT2D eigenvalue weighted by molar-refractivity contribution is 0.115. The van der Waals surface area contributed by atoms with Crippen molar-refractivity contribution in [2.24, 2.45) is 0 Å². The Balaban J connectivity index is 1.56. The Bertz CT molecular complexity index is 541. The first kappa shape index (κ1) is 16.1. The number of carbonyl (C=O) groups excluding carboxylic acids is 1. The minimum Gasteiger partial charge on any atom is -0.496 e. The SMILES string of the molecule is COc1ccccc1C1CCN(C(=O)NC2CCC(O)CC2)C1. The normalized spacial score (nSPS) is 27.7. The average molecular weight is 318 g/mol. The quantitative estimate of drug-likeness (QED) is 0.900. The number of methoxy groups -OCH3 is 1. The fraction of sp³-hybridized carbons (Fsp3) is 0.611. The van der Waals surface area contributed by atoms with E-state index in [1.807, 2.05) is 23.1 Å². The number of rotatable bonds is 3. The van der Waals surface area contributed by atoms with Crippen molar-refractivity contribution >= 4 is 6.03 Å². The molecule has 1 aromatic carbocycles. The lowest BCUT2D eigenvalue weighted by Crippen LogP contribution is -2.45. The zero-order chi connectivity index (χ0) is 16.2. The molecule has 1 unspecified atom stereocenters. The van der Waals surface area contributed by atoms with Gasteiger partial charge in [0.25, 0.3) is 0 Å². The van der Waals surface area contributed by atoms with Crippen LogP contribution in [0.2, 0.25) is 0 Å². The van der Waals surface area contributed by atoms with E-state index in [1.54, 1.807) is 7.11 Å². The third-order valence-electron chi connectivity index (χ3n) is 5.08. The van der Waals surface area contributed by atoms with Gasteiger partial charge in [-0.15, -0.1) is 0 Å². The highest BCUT2D eigenvalue weighted by molar-refractivity contribution is 5.75. The molecule has 1 aromatic rings. The summed E-state index contributed by atoms with van der Waals surface area (Å²) in [6.45, 7) is 1.52. The number of nitrogens with one attached hydrogen (secondary N) is 1. The third-order valence-corrected chi connectivity index (χ3v) is 5.08. The highest BCUT2D eigenvalue weighted by atomic mass is 16.5. The molecular formula is C18H26N2O3. The summed E-state index contributed by atoms with van der Waals surface area (Å²) >= 11 is 0. The van der Waals surface area contributed by atoms with Crippen LogP contribution in [0, 0.1) is 0 Å². The van der Waals surface area contributed by atoms with Crippen LogP contribution in [0.1, 0.15) is 43.6 Å². The minimum absolute atomic E-state index is 0.0313. The first-order valence-electron chi connectivity index (χ1n) is 8.53. The highest BCUT2D eigenvalue weighted by Crippen LogP contribution is 2.33. The van der Waals surface area contributed by atoms with Gasteiger partial charge in [0.05, 0.1) is 13.2 Å². The average Bonchev–Trinajstić information content (AvgIpc) is 3.07. The number of para-hydroxylation sites is 1. The monoisotopic (exact) mass is 318 g/mol. The predicted octanol–water partition coefficient (Wildman–Crippen LogP) is 2.50. The molecule has 1 atom stereocenters. The fourth-order valence-corrected chi connectivity index (χ4v) is 3.69. The molecule has 1 saturated carbocycles. The summed E-state index contributed by atoms with van der Waals surface area (Å²) in [7, 11) is 1.69. The molecule has 5 nitrogen and oxygen atoms in total. The lowest BCUT2D eigenvalue weighted by Gasteiger charge is -2.28. The van der Waals surface area contributed by atoms with Crippen LogP contribution in [0.15, 0.2) is 24.3 Å². The summed E-state index contributed by atoms with van der Waals surface area (Å²) in [5.74, 6) is 1.24. The van der Waals surface area contributed by atoms with Gasteiger partial charge < -0.3 is 20.1 Å². The van der Waals surface area contributed by atoms with Gasteiger partial charge in [0.1, 0.15) is 5.75 Å². The van der Waals surface area contributed by atoms with Gasteiger partial charge in [0.2, 0.25) is 0 Å². The number of ether oxygens (including phenoxy) is 1. The Morgan fingerprint density at radius 3 is 2.70 bits per heavy atom. The van der Waals surface area contributed by atoms with E-state index in [-0.39, 0.29) is 18.2 Å². The zero-order valence-electron chi connectivity index (χ0n) is 13.7. The van der Waals surface area contributed by atoms with Crippen molar-refractivity contribution in [2.45, 2.75) is 50.2 Å². The van der Waals surface area contributed by atoms with E-state index in [2.05, 4.69) is 11.4 Å². The molecule has 23 heavy (non-hydrogen) atoms. The van der Waals surface area contributed by atoms with E-state index < -0.39 is 0 Å². The predicted molar refractivity (Wildman–Crippen MR) is 88.7 cm³/mol. The topological polar surface area (TPSA) is 61.8 Å². The molecule has 2 N–H and O–H groups in total. The maximum atomic E-state index is 12.4. The Hall–Kier alpha value is -1.75. The first-order chi connectivity index (χ1) is 11.2. The van der Waals surface area contributed by atoms with Crippen LogP contribution in [0.25, 0.3) is 0 Å². The number of hydrogen-bond donors (Lipinski definition) is 2. The summed E-state index contributed by atoms with van der Waals surface area (Å²) in [5.41, 5.74) is 1.19.